The normalized spacial score (nSPS) is 10.6. The number of rotatable bonds is 5. The third-order valence-corrected chi connectivity index (χ3v) is 2.86. The summed E-state index contributed by atoms with van der Waals surface area (Å²) in [5.41, 5.74) is 2.17. The topological polar surface area (TPSA) is 41.5 Å². The highest BCUT2D eigenvalue weighted by molar-refractivity contribution is 5.50. The molecule has 106 valence electrons. The lowest BCUT2D eigenvalue weighted by molar-refractivity contribution is -0.0498. The van der Waals surface area contributed by atoms with Crippen molar-refractivity contribution in [3.8, 4) is 11.5 Å². The summed E-state index contributed by atoms with van der Waals surface area (Å²) in [4.78, 5) is 0. The van der Waals surface area contributed by atoms with E-state index in [9.17, 15) is 13.9 Å². The van der Waals surface area contributed by atoms with Crippen LogP contribution in [0.4, 0.5) is 14.5 Å². The van der Waals surface area contributed by atoms with Crippen molar-refractivity contribution in [1.82, 2.24) is 0 Å². The van der Waals surface area contributed by atoms with E-state index in [1.54, 1.807) is 18.2 Å². The van der Waals surface area contributed by atoms with Gasteiger partial charge < -0.3 is 15.2 Å². The molecule has 5 heteroatoms. The average molecular weight is 279 g/mol. The summed E-state index contributed by atoms with van der Waals surface area (Å²) < 4.78 is 28.6. The van der Waals surface area contributed by atoms with E-state index in [4.69, 9.17) is 0 Å². The molecule has 0 bridgehead atoms. The number of phenolic OH excluding ortho intramolecular Hbond substituents is 1. The number of benzene rings is 2. The van der Waals surface area contributed by atoms with Gasteiger partial charge >= 0.3 is 6.61 Å². The molecule has 0 unspecified atom stereocenters. The summed E-state index contributed by atoms with van der Waals surface area (Å²) in [6, 6.07) is 11.8. The minimum absolute atomic E-state index is 0.0958. The molecule has 2 rings (SSSR count). The number of alkyl halides is 2. The first-order valence-corrected chi connectivity index (χ1v) is 6.12. The Morgan fingerprint density at radius 2 is 1.95 bits per heavy atom. The first-order valence-electron chi connectivity index (χ1n) is 6.12. The molecule has 0 fully saturated rings. The van der Waals surface area contributed by atoms with Crippen molar-refractivity contribution >= 4 is 5.69 Å². The fraction of sp³-hybridized carbons (Fsp3) is 0.200. The van der Waals surface area contributed by atoms with E-state index in [0.717, 1.165) is 11.1 Å². The van der Waals surface area contributed by atoms with Gasteiger partial charge in [-0.2, -0.15) is 8.78 Å². The summed E-state index contributed by atoms with van der Waals surface area (Å²) >= 11 is 0. The zero-order valence-corrected chi connectivity index (χ0v) is 10.9. The van der Waals surface area contributed by atoms with Gasteiger partial charge in [0, 0.05) is 23.9 Å². The smallest absolute Gasteiger partial charge is 0.387 e. The molecule has 0 radical (unpaired) electrons. The molecular formula is C15H15F2NO2. The zero-order chi connectivity index (χ0) is 14.5. The highest BCUT2D eigenvalue weighted by Gasteiger charge is 2.06. The van der Waals surface area contributed by atoms with Crippen LogP contribution in [0.25, 0.3) is 0 Å². The molecule has 0 amide bonds. The molecule has 2 aromatic rings. The van der Waals surface area contributed by atoms with Gasteiger partial charge in [-0.05, 0) is 24.6 Å². The molecule has 2 N–H and O–H groups in total. The SMILES string of the molecule is Cc1cccc(CNc2cccc(OC(F)F)c2)c1O. The van der Waals surface area contributed by atoms with Crippen molar-refractivity contribution < 1.29 is 18.6 Å². The maximum atomic E-state index is 12.1. The largest absolute Gasteiger partial charge is 0.507 e. The number of nitrogens with one attached hydrogen (secondary N) is 1. The summed E-state index contributed by atoms with van der Waals surface area (Å²) in [6.07, 6.45) is 0. The van der Waals surface area contributed by atoms with Crippen LogP contribution in [0.3, 0.4) is 0 Å². The Kier molecular flexibility index (Phi) is 4.40. The Morgan fingerprint density at radius 1 is 1.20 bits per heavy atom. The molecule has 0 heterocycles. The number of aryl methyl sites for hydroxylation is 1. The van der Waals surface area contributed by atoms with E-state index in [2.05, 4.69) is 10.1 Å². The average Bonchev–Trinajstić information content (AvgIpc) is 2.40. The minimum Gasteiger partial charge on any atom is -0.507 e. The van der Waals surface area contributed by atoms with Crippen LogP contribution in [0.1, 0.15) is 11.1 Å². The highest BCUT2D eigenvalue weighted by atomic mass is 19.3. The van der Waals surface area contributed by atoms with Gasteiger partial charge in [0.05, 0.1) is 0 Å². The number of aromatic hydroxyl groups is 1. The second-order valence-electron chi connectivity index (χ2n) is 4.34. The van der Waals surface area contributed by atoms with Crippen LogP contribution in [0.5, 0.6) is 11.5 Å². The molecule has 0 aromatic heterocycles. The van der Waals surface area contributed by atoms with Gasteiger partial charge in [0.2, 0.25) is 0 Å². The van der Waals surface area contributed by atoms with Crippen LogP contribution < -0.4 is 10.1 Å². The van der Waals surface area contributed by atoms with Gasteiger partial charge in [0.15, 0.2) is 0 Å². The lowest BCUT2D eigenvalue weighted by atomic mass is 10.1. The zero-order valence-electron chi connectivity index (χ0n) is 10.9. The number of phenols is 1. The molecule has 3 nitrogen and oxygen atoms in total. The summed E-state index contributed by atoms with van der Waals surface area (Å²) in [7, 11) is 0. The van der Waals surface area contributed by atoms with Crippen molar-refractivity contribution in [1.29, 1.82) is 0 Å². The Balaban J connectivity index is 2.05. The third kappa shape index (κ3) is 3.60. The first-order chi connectivity index (χ1) is 9.56. The highest BCUT2D eigenvalue weighted by Crippen LogP contribution is 2.24. The predicted molar refractivity (Wildman–Crippen MR) is 73.2 cm³/mol. The van der Waals surface area contributed by atoms with E-state index < -0.39 is 6.61 Å². The Bertz CT molecular complexity index is 588. The van der Waals surface area contributed by atoms with E-state index in [1.807, 2.05) is 19.1 Å². The van der Waals surface area contributed by atoms with Crippen molar-refractivity contribution in [3.05, 3.63) is 53.6 Å². The molecule has 20 heavy (non-hydrogen) atoms. The number of hydrogen-bond acceptors (Lipinski definition) is 3. The Hall–Kier alpha value is -2.30. The molecule has 0 aliphatic heterocycles. The van der Waals surface area contributed by atoms with Gasteiger partial charge in [-0.25, -0.2) is 0 Å². The molecule has 0 saturated carbocycles. The van der Waals surface area contributed by atoms with Crippen LogP contribution in [0.2, 0.25) is 0 Å². The van der Waals surface area contributed by atoms with Gasteiger partial charge in [0.1, 0.15) is 11.5 Å². The second-order valence-corrected chi connectivity index (χ2v) is 4.34. The Labute approximate surface area is 115 Å². The molecule has 0 aliphatic carbocycles. The van der Waals surface area contributed by atoms with Gasteiger partial charge in [-0.3, -0.25) is 0 Å². The molecule has 2 aromatic carbocycles. The van der Waals surface area contributed by atoms with Crippen molar-refractivity contribution in [2.24, 2.45) is 0 Å². The predicted octanol–water partition coefficient (Wildman–Crippen LogP) is 3.91. The fourth-order valence-electron chi connectivity index (χ4n) is 1.84. The lowest BCUT2D eigenvalue weighted by Crippen LogP contribution is -2.03. The van der Waals surface area contributed by atoms with Crippen LogP contribution in [-0.4, -0.2) is 11.7 Å². The van der Waals surface area contributed by atoms with Gasteiger partial charge in [-0.15, -0.1) is 0 Å². The fourth-order valence-corrected chi connectivity index (χ4v) is 1.84. The van der Waals surface area contributed by atoms with Crippen molar-refractivity contribution in [2.75, 3.05) is 5.32 Å². The number of hydrogen-bond donors (Lipinski definition) is 2. The molecule has 0 spiro atoms. The van der Waals surface area contributed by atoms with Gasteiger partial charge in [0.25, 0.3) is 0 Å². The molecular weight excluding hydrogens is 264 g/mol. The van der Waals surface area contributed by atoms with Crippen LogP contribution >= 0.6 is 0 Å². The maximum absolute atomic E-state index is 12.1. The standard InChI is InChI=1S/C15H15F2NO2/c1-10-4-2-5-11(14(10)19)9-18-12-6-3-7-13(8-12)20-15(16)17/h2-8,15,18-19H,9H2,1H3. The summed E-state index contributed by atoms with van der Waals surface area (Å²) in [5, 5.41) is 12.9. The van der Waals surface area contributed by atoms with Gasteiger partial charge in [-0.1, -0.05) is 24.3 Å². The maximum Gasteiger partial charge on any atom is 0.387 e. The Morgan fingerprint density at radius 3 is 2.70 bits per heavy atom. The summed E-state index contributed by atoms with van der Waals surface area (Å²) in [6.45, 7) is -0.632. The van der Waals surface area contributed by atoms with Crippen molar-refractivity contribution in [2.45, 2.75) is 20.1 Å². The monoisotopic (exact) mass is 279 g/mol. The molecule has 0 atom stereocenters. The summed E-state index contributed by atoms with van der Waals surface area (Å²) in [5.74, 6) is 0.332. The third-order valence-electron chi connectivity index (χ3n) is 2.86. The minimum atomic E-state index is -2.84. The first kappa shape index (κ1) is 14.1. The van der Waals surface area contributed by atoms with Crippen LogP contribution in [-0.2, 0) is 6.54 Å². The number of para-hydroxylation sites is 1. The molecule has 0 aliphatic rings. The van der Waals surface area contributed by atoms with Crippen LogP contribution in [0, 0.1) is 6.92 Å². The van der Waals surface area contributed by atoms with E-state index in [0.29, 0.717) is 12.2 Å². The lowest BCUT2D eigenvalue weighted by Gasteiger charge is -2.11. The van der Waals surface area contributed by atoms with E-state index >= 15 is 0 Å². The molecule has 0 saturated heterocycles. The van der Waals surface area contributed by atoms with E-state index in [-0.39, 0.29) is 11.5 Å². The number of halogens is 2. The van der Waals surface area contributed by atoms with E-state index in [1.165, 1.54) is 12.1 Å². The number of ether oxygens (including phenoxy) is 1. The second kappa shape index (κ2) is 6.23. The quantitative estimate of drug-likeness (QED) is 0.871. The number of anilines is 1. The van der Waals surface area contributed by atoms with Crippen LogP contribution in [0.15, 0.2) is 42.5 Å². The van der Waals surface area contributed by atoms with Crippen molar-refractivity contribution in [3.63, 3.8) is 0 Å².